The third-order valence-electron chi connectivity index (χ3n) is 11.5. The third-order valence-corrected chi connectivity index (χ3v) is 30.6. The number of hydrogen-bond donors (Lipinski definition) is 0. The van der Waals surface area contributed by atoms with Crippen molar-refractivity contribution in [3.63, 3.8) is 0 Å². The van der Waals surface area contributed by atoms with Crippen molar-refractivity contribution >= 4 is 33.7 Å². The molecule has 2 unspecified atom stereocenters. The topological polar surface area (TPSA) is 0 Å². The van der Waals surface area contributed by atoms with Crippen molar-refractivity contribution in [2.75, 3.05) is 0 Å². The molecule has 0 amide bonds. The zero-order chi connectivity index (χ0) is 31.5. The van der Waals surface area contributed by atoms with Crippen LogP contribution in [0.3, 0.4) is 0 Å². The number of hydrogen-bond acceptors (Lipinski definition) is 0. The molecule has 1 aliphatic heterocycles. The zero-order valence-corrected chi connectivity index (χ0v) is 33.5. The van der Waals surface area contributed by atoms with Gasteiger partial charge in [-0.25, -0.2) is 0 Å². The van der Waals surface area contributed by atoms with Crippen LogP contribution in [0, 0.1) is 0 Å². The summed E-state index contributed by atoms with van der Waals surface area (Å²) in [5, 5.41) is 5.38. The molecule has 0 aromatic heterocycles. The maximum Gasteiger partial charge on any atom is -1.00 e. The first-order valence-corrected chi connectivity index (χ1v) is 27.1. The molecule has 49 heavy (non-hydrogen) atoms. The Balaban J connectivity index is 0.00000189. The van der Waals surface area contributed by atoms with Crippen molar-refractivity contribution in [3.8, 4) is 22.3 Å². The molecule has 2 aliphatic carbocycles. The number of allylic oxidation sites excluding steroid dienone is 2. The summed E-state index contributed by atoms with van der Waals surface area (Å²) in [5.41, 5.74) is 15.5. The maximum atomic E-state index is 2.67. The number of fused-ring (bicyclic) bond motifs is 4. The summed E-state index contributed by atoms with van der Waals surface area (Å²) in [6.07, 6.45) is 10.2. The number of halogens is 2. The van der Waals surface area contributed by atoms with E-state index in [-0.39, 0.29) is 24.8 Å². The second kappa shape index (κ2) is 13.8. The van der Waals surface area contributed by atoms with Gasteiger partial charge < -0.3 is 24.8 Å². The monoisotopic (exact) mass is 844 g/mol. The molecule has 0 N–H and O–H groups in total. The fraction of sp³-hybridized carbons (Fsp3) is 0.217. The fourth-order valence-electron chi connectivity index (χ4n) is 9.58. The summed E-state index contributed by atoms with van der Waals surface area (Å²) >= 11 is -2.99. The first-order valence-electron chi connectivity index (χ1n) is 17.8. The van der Waals surface area contributed by atoms with E-state index in [4.69, 9.17) is 0 Å². The maximum absolute atomic E-state index is 2.99. The van der Waals surface area contributed by atoms with Gasteiger partial charge in [-0.1, -0.05) is 0 Å². The Morgan fingerprint density at radius 1 is 0.469 bits per heavy atom. The molecule has 0 bridgehead atoms. The largest absolute Gasteiger partial charge is 1.00 e. The van der Waals surface area contributed by atoms with Gasteiger partial charge in [-0.3, -0.25) is 0 Å². The summed E-state index contributed by atoms with van der Waals surface area (Å²) in [6, 6.07) is 46.1. The van der Waals surface area contributed by atoms with E-state index in [0.717, 1.165) is 0 Å². The van der Waals surface area contributed by atoms with Crippen molar-refractivity contribution in [2.45, 2.75) is 55.2 Å². The van der Waals surface area contributed by atoms with Crippen molar-refractivity contribution in [3.05, 3.63) is 155 Å². The van der Waals surface area contributed by atoms with E-state index in [1.807, 2.05) is 0 Å². The average Bonchev–Trinajstić information content (AvgIpc) is 3.66. The molecule has 3 aliphatic rings. The molecule has 0 saturated carbocycles. The molecule has 0 spiro atoms. The smallest absolute Gasteiger partial charge is 1.00 e. The second-order valence-electron chi connectivity index (χ2n) is 14.2. The van der Waals surface area contributed by atoms with Gasteiger partial charge in [0.1, 0.15) is 0 Å². The predicted octanol–water partition coefficient (Wildman–Crippen LogP) is 7.52. The first-order chi connectivity index (χ1) is 23.2. The van der Waals surface area contributed by atoms with Gasteiger partial charge in [0.05, 0.1) is 0 Å². The summed E-state index contributed by atoms with van der Waals surface area (Å²) < 4.78 is 4.40. The Hall–Kier alpha value is -3.23. The van der Waals surface area contributed by atoms with Crippen LogP contribution >= 0.6 is 0 Å². The molecular formula is C46H42Cl2Hf. The van der Waals surface area contributed by atoms with Crippen molar-refractivity contribution in [1.82, 2.24) is 0 Å². The van der Waals surface area contributed by atoms with Gasteiger partial charge in [0.15, 0.2) is 0 Å². The summed E-state index contributed by atoms with van der Waals surface area (Å²) in [4.78, 5) is 0. The first kappa shape index (κ1) is 34.2. The van der Waals surface area contributed by atoms with Crippen LogP contribution < -0.4 is 24.8 Å². The second-order valence-corrected chi connectivity index (χ2v) is 30.8. The molecule has 0 radical (unpaired) electrons. The average molecular weight is 844 g/mol. The number of rotatable bonds is 8. The molecule has 9 rings (SSSR count). The molecule has 2 atom stereocenters. The molecule has 1 fully saturated rings. The van der Waals surface area contributed by atoms with Gasteiger partial charge in [-0.15, -0.1) is 0 Å². The van der Waals surface area contributed by atoms with E-state index < -0.39 is 20.0 Å². The molecule has 1 heterocycles. The minimum absolute atomic E-state index is 0. The van der Waals surface area contributed by atoms with E-state index >= 15 is 0 Å². The van der Waals surface area contributed by atoms with Gasteiger partial charge in [-0.2, -0.15) is 0 Å². The van der Waals surface area contributed by atoms with Crippen LogP contribution in [-0.4, -0.2) is 0 Å². The Labute approximate surface area is 308 Å². The van der Waals surface area contributed by atoms with E-state index in [9.17, 15) is 0 Å². The Kier molecular flexibility index (Phi) is 9.66. The van der Waals surface area contributed by atoms with Gasteiger partial charge in [-0.05, 0) is 0 Å². The Bertz CT molecular complexity index is 2090. The van der Waals surface area contributed by atoms with Crippen LogP contribution in [0.2, 0.25) is 8.35 Å². The Morgan fingerprint density at radius 2 is 0.857 bits per heavy atom. The third kappa shape index (κ3) is 5.52. The summed E-state index contributed by atoms with van der Waals surface area (Å²) in [7, 11) is 0. The predicted molar refractivity (Wildman–Crippen MR) is 200 cm³/mol. The van der Waals surface area contributed by atoms with Crippen LogP contribution in [0.1, 0.15) is 69.1 Å². The minimum atomic E-state index is -2.99. The SMILES string of the molecule is CCCC1=Cc2c(-c3cccc4ccccc34)cccc2[CH]1[Hf+2]1([CH]2C(CCC)=Cc3c(-c4cccc5ccccc45)cccc32)[CH2][CH2]1.[Cl-].[Cl-]. The van der Waals surface area contributed by atoms with Gasteiger partial charge in [0.2, 0.25) is 0 Å². The van der Waals surface area contributed by atoms with E-state index in [1.165, 1.54) is 89.0 Å². The molecule has 244 valence electrons. The fourth-order valence-corrected chi connectivity index (χ4v) is 37.6. The van der Waals surface area contributed by atoms with Gasteiger partial charge in [0.25, 0.3) is 0 Å². The van der Waals surface area contributed by atoms with Crippen LogP contribution in [0.15, 0.2) is 132 Å². The van der Waals surface area contributed by atoms with Crippen molar-refractivity contribution in [2.24, 2.45) is 0 Å². The Morgan fingerprint density at radius 3 is 1.29 bits per heavy atom. The molecule has 3 heteroatoms. The summed E-state index contributed by atoms with van der Waals surface area (Å²) in [6.45, 7) is 4.76. The van der Waals surface area contributed by atoms with E-state index in [2.05, 4.69) is 147 Å². The van der Waals surface area contributed by atoms with Crippen LogP contribution in [0.4, 0.5) is 0 Å². The van der Waals surface area contributed by atoms with E-state index in [1.54, 1.807) is 22.3 Å². The van der Waals surface area contributed by atoms with Crippen LogP contribution in [0.25, 0.3) is 56.0 Å². The molecule has 0 nitrogen and oxygen atoms in total. The van der Waals surface area contributed by atoms with Crippen molar-refractivity contribution < 1.29 is 44.8 Å². The molecule has 1 saturated heterocycles. The standard InChI is InChI=1S/2C22H19.C2H4.2ClH.Hf/c2*1-2-7-16-14-18-10-6-13-21(22(18)15-16)20-12-5-9-17-8-3-4-11-19(17)20;1-2;;;/h2*3-6,8-15H,2,7H2,1H3;1-2H2;2*1H;/q;;;;;+2/p-2. The van der Waals surface area contributed by atoms with Gasteiger partial charge >= 0.3 is 286 Å². The summed E-state index contributed by atoms with van der Waals surface area (Å²) in [5.74, 6) is 0. The molecular weight excluding hydrogens is 802 g/mol. The zero-order valence-electron chi connectivity index (χ0n) is 28.4. The van der Waals surface area contributed by atoms with Crippen LogP contribution in [-0.2, 0) is 20.0 Å². The van der Waals surface area contributed by atoms with Crippen molar-refractivity contribution in [1.29, 1.82) is 0 Å². The van der Waals surface area contributed by atoms with Gasteiger partial charge in [0, 0.05) is 0 Å². The number of benzene rings is 6. The molecule has 6 aromatic rings. The minimum Gasteiger partial charge on any atom is -1.00 e. The quantitative estimate of drug-likeness (QED) is 0.139. The molecule has 6 aromatic carbocycles. The normalized spacial score (nSPS) is 17.6. The van der Waals surface area contributed by atoms with E-state index in [0.29, 0.717) is 7.35 Å². The van der Waals surface area contributed by atoms with Crippen LogP contribution in [0.5, 0.6) is 0 Å².